The van der Waals surface area contributed by atoms with Gasteiger partial charge in [0.05, 0.1) is 0 Å². The number of rotatable bonds is 4. The topological polar surface area (TPSA) is 50.4 Å². The molecular weight excluding hydrogens is 264 g/mol. The molecule has 1 unspecified atom stereocenters. The Bertz CT molecular complexity index is 590. The number of amides is 1. The summed E-state index contributed by atoms with van der Waals surface area (Å²) in [6, 6.07) is 17.0. The molecule has 1 aliphatic rings. The van der Waals surface area contributed by atoms with Gasteiger partial charge in [0, 0.05) is 18.2 Å². The zero-order chi connectivity index (χ0) is 14.5. The van der Waals surface area contributed by atoms with E-state index in [9.17, 15) is 4.79 Å². The smallest absolute Gasteiger partial charge is 0.251 e. The lowest BCUT2D eigenvalue weighted by Gasteiger charge is -2.11. The molecule has 2 aromatic carbocycles. The molecule has 0 saturated carbocycles. The summed E-state index contributed by atoms with van der Waals surface area (Å²) in [5.41, 5.74) is 0.655. The van der Waals surface area contributed by atoms with Crippen molar-refractivity contribution in [1.82, 2.24) is 10.6 Å². The molecule has 1 saturated heterocycles. The molecule has 1 amide bonds. The van der Waals surface area contributed by atoms with E-state index in [1.54, 1.807) is 12.1 Å². The minimum atomic E-state index is -0.0324. The van der Waals surface area contributed by atoms with Gasteiger partial charge < -0.3 is 15.4 Å². The van der Waals surface area contributed by atoms with E-state index in [0.29, 0.717) is 5.56 Å². The second-order valence-corrected chi connectivity index (χ2v) is 5.10. The fourth-order valence-electron chi connectivity index (χ4n) is 2.35. The second-order valence-electron chi connectivity index (χ2n) is 5.10. The van der Waals surface area contributed by atoms with Crippen LogP contribution in [0.2, 0.25) is 0 Å². The van der Waals surface area contributed by atoms with Crippen molar-refractivity contribution in [3.8, 4) is 11.5 Å². The van der Waals surface area contributed by atoms with Crippen molar-refractivity contribution in [3.63, 3.8) is 0 Å². The second kappa shape index (κ2) is 6.41. The average Bonchev–Trinajstić information content (AvgIpc) is 3.02. The molecular formula is C17H18N2O2. The third kappa shape index (κ3) is 3.61. The van der Waals surface area contributed by atoms with E-state index in [1.807, 2.05) is 42.5 Å². The van der Waals surface area contributed by atoms with Crippen LogP contribution >= 0.6 is 0 Å². The van der Waals surface area contributed by atoms with Crippen molar-refractivity contribution in [2.75, 3.05) is 13.1 Å². The molecule has 0 bridgehead atoms. The van der Waals surface area contributed by atoms with Gasteiger partial charge in [0.2, 0.25) is 0 Å². The molecule has 1 atom stereocenters. The molecule has 2 N–H and O–H groups in total. The van der Waals surface area contributed by atoms with Crippen LogP contribution in [0.4, 0.5) is 0 Å². The Morgan fingerprint density at radius 2 is 1.76 bits per heavy atom. The lowest BCUT2D eigenvalue weighted by molar-refractivity contribution is 0.0940. The van der Waals surface area contributed by atoms with Crippen molar-refractivity contribution >= 4 is 5.91 Å². The summed E-state index contributed by atoms with van der Waals surface area (Å²) in [5.74, 6) is 1.47. The Morgan fingerprint density at radius 1 is 1.05 bits per heavy atom. The maximum Gasteiger partial charge on any atom is 0.251 e. The largest absolute Gasteiger partial charge is 0.457 e. The SMILES string of the molecule is O=C(NC1CCNC1)c1ccc(Oc2ccccc2)cc1. The molecule has 0 radical (unpaired) electrons. The third-order valence-electron chi connectivity index (χ3n) is 3.49. The number of carbonyl (C=O) groups excluding carboxylic acids is 1. The molecule has 1 fully saturated rings. The van der Waals surface area contributed by atoms with Crippen LogP contribution in [-0.4, -0.2) is 25.0 Å². The van der Waals surface area contributed by atoms with E-state index in [0.717, 1.165) is 31.0 Å². The zero-order valence-electron chi connectivity index (χ0n) is 11.7. The maximum atomic E-state index is 12.1. The molecule has 1 heterocycles. The van der Waals surface area contributed by atoms with Gasteiger partial charge in [-0.3, -0.25) is 4.79 Å². The highest BCUT2D eigenvalue weighted by Crippen LogP contribution is 2.21. The summed E-state index contributed by atoms with van der Waals surface area (Å²) in [6.45, 7) is 1.82. The monoisotopic (exact) mass is 282 g/mol. The summed E-state index contributed by atoms with van der Waals surface area (Å²) < 4.78 is 5.70. The molecule has 21 heavy (non-hydrogen) atoms. The van der Waals surface area contributed by atoms with Gasteiger partial charge in [-0.2, -0.15) is 0 Å². The molecule has 4 nitrogen and oxygen atoms in total. The molecule has 108 valence electrons. The Kier molecular flexibility index (Phi) is 4.17. The first kappa shape index (κ1) is 13.6. The van der Waals surface area contributed by atoms with E-state index in [1.165, 1.54) is 0 Å². The van der Waals surface area contributed by atoms with E-state index in [-0.39, 0.29) is 11.9 Å². The van der Waals surface area contributed by atoms with Crippen LogP contribution in [0, 0.1) is 0 Å². The predicted molar refractivity (Wildman–Crippen MR) is 81.7 cm³/mol. The van der Waals surface area contributed by atoms with Gasteiger partial charge in [0.15, 0.2) is 0 Å². The normalized spacial score (nSPS) is 17.4. The minimum absolute atomic E-state index is 0.0324. The highest BCUT2D eigenvalue weighted by molar-refractivity contribution is 5.94. The van der Waals surface area contributed by atoms with Crippen LogP contribution in [0.1, 0.15) is 16.8 Å². The summed E-state index contributed by atoms with van der Waals surface area (Å²) in [7, 11) is 0. The van der Waals surface area contributed by atoms with Crippen molar-refractivity contribution < 1.29 is 9.53 Å². The highest BCUT2D eigenvalue weighted by Gasteiger charge is 2.17. The number of benzene rings is 2. The maximum absolute atomic E-state index is 12.1. The van der Waals surface area contributed by atoms with E-state index >= 15 is 0 Å². The lowest BCUT2D eigenvalue weighted by atomic mass is 10.2. The third-order valence-corrected chi connectivity index (χ3v) is 3.49. The Balaban J connectivity index is 1.62. The number of hydrogen-bond acceptors (Lipinski definition) is 3. The average molecular weight is 282 g/mol. The summed E-state index contributed by atoms with van der Waals surface area (Å²) >= 11 is 0. The first-order valence-corrected chi connectivity index (χ1v) is 7.16. The first-order valence-electron chi connectivity index (χ1n) is 7.16. The van der Waals surface area contributed by atoms with Gasteiger partial charge in [0.25, 0.3) is 5.91 Å². The molecule has 0 aliphatic carbocycles. The standard InChI is InChI=1S/C17H18N2O2/c20-17(19-14-10-11-18-12-14)13-6-8-16(9-7-13)21-15-4-2-1-3-5-15/h1-9,14,18H,10-12H2,(H,19,20). The van der Waals surface area contributed by atoms with E-state index in [4.69, 9.17) is 4.74 Å². The molecule has 4 heteroatoms. The Labute approximate surface area is 124 Å². The number of hydrogen-bond donors (Lipinski definition) is 2. The minimum Gasteiger partial charge on any atom is -0.457 e. The molecule has 0 spiro atoms. The van der Waals surface area contributed by atoms with Gasteiger partial charge in [-0.25, -0.2) is 0 Å². The number of ether oxygens (including phenoxy) is 1. The van der Waals surface area contributed by atoms with Gasteiger partial charge in [-0.1, -0.05) is 18.2 Å². The number of para-hydroxylation sites is 1. The van der Waals surface area contributed by atoms with Crippen molar-refractivity contribution in [1.29, 1.82) is 0 Å². The fraction of sp³-hybridized carbons (Fsp3) is 0.235. The zero-order valence-corrected chi connectivity index (χ0v) is 11.7. The summed E-state index contributed by atoms with van der Waals surface area (Å²) in [4.78, 5) is 12.1. The fourth-order valence-corrected chi connectivity index (χ4v) is 2.35. The molecule has 3 rings (SSSR count). The van der Waals surface area contributed by atoms with Crippen molar-refractivity contribution in [3.05, 3.63) is 60.2 Å². The van der Waals surface area contributed by atoms with Gasteiger partial charge in [-0.05, 0) is 49.4 Å². The molecule has 1 aliphatic heterocycles. The van der Waals surface area contributed by atoms with Gasteiger partial charge >= 0.3 is 0 Å². The molecule has 2 aromatic rings. The summed E-state index contributed by atoms with van der Waals surface area (Å²) in [6.07, 6.45) is 0.987. The molecule has 0 aromatic heterocycles. The van der Waals surface area contributed by atoms with Crippen LogP contribution in [0.25, 0.3) is 0 Å². The van der Waals surface area contributed by atoms with Crippen LogP contribution in [0.3, 0.4) is 0 Å². The van der Waals surface area contributed by atoms with Crippen LogP contribution < -0.4 is 15.4 Å². The number of nitrogens with one attached hydrogen (secondary N) is 2. The van der Waals surface area contributed by atoms with Crippen LogP contribution in [-0.2, 0) is 0 Å². The Hall–Kier alpha value is -2.33. The Morgan fingerprint density at radius 3 is 2.43 bits per heavy atom. The van der Waals surface area contributed by atoms with E-state index in [2.05, 4.69) is 10.6 Å². The number of carbonyl (C=O) groups is 1. The lowest BCUT2D eigenvalue weighted by Crippen LogP contribution is -2.36. The highest BCUT2D eigenvalue weighted by atomic mass is 16.5. The van der Waals surface area contributed by atoms with Crippen molar-refractivity contribution in [2.45, 2.75) is 12.5 Å². The quantitative estimate of drug-likeness (QED) is 0.906. The first-order chi connectivity index (χ1) is 10.3. The van der Waals surface area contributed by atoms with Gasteiger partial charge in [-0.15, -0.1) is 0 Å². The van der Waals surface area contributed by atoms with Crippen LogP contribution in [0.15, 0.2) is 54.6 Å². The summed E-state index contributed by atoms with van der Waals surface area (Å²) in [5, 5.41) is 6.25. The van der Waals surface area contributed by atoms with E-state index < -0.39 is 0 Å². The van der Waals surface area contributed by atoms with Crippen molar-refractivity contribution in [2.24, 2.45) is 0 Å². The van der Waals surface area contributed by atoms with Gasteiger partial charge in [0.1, 0.15) is 11.5 Å². The van der Waals surface area contributed by atoms with Crippen LogP contribution in [0.5, 0.6) is 11.5 Å². The predicted octanol–water partition coefficient (Wildman–Crippen LogP) is 2.57.